The molecule has 192 valence electrons. The predicted molar refractivity (Wildman–Crippen MR) is 120 cm³/mol. The van der Waals surface area contributed by atoms with Gasteiger partial charge in [0.15, 0.2) is 18.8 Å². The molecular weight excluding hydrogens is 534 g/mol. The van der Waals surface area contributed by atoms with E-state index < -0.39 is 73.6 Å². The van der Waals surface area contributed by atoms with E-state index in [1.807, 2.05) is 0 Å². The van der Waals surface area contributed by atoms with Gasteiger partial charge in [-0.2, -0.15) is 0 Å². The first-order valence-electron chi connectivity index (χ1n) is 10.4. The molecule has 0 saturated carbocycles. The molecule has 35 heavy (non-hydrogen) atoms. The highest BCUT2D eigenvalue weighted by molar-refractivity contribution is 9.10. The Balaban J connectivity index is 2.28. The van der Waals surface area contributed by atoms with E-state index in [0.29, 0.717) is 5.75 Å². The Morgan fingerprint density at radius 1 is 0.886 bits per heavy atom. The van der Waals surface area contributed by atoms with Gasteiger partial charge in [-0.15, -0.1) is 0 Å². The number of hydrogen-bond donors (Lipinski definition) is 1. The molecular formula is C22H26BrNO11. The Morgan fingerprint density at radius 3 is 2.03 bits per heavy atom. The van der Waals surface area contributed by atoms with Crippen LogP contribution in [0.3, 0.4) is 0 Å². The van der Waals surface area contributed by atoms with Crippen LogP contribution in [0.4, 0.5) is 0 Å². The molecule has 0 radical (unpaired) electrons. The van der Waals surface area contributed by atoms with Gasteiger partial charge in [-0.3, -0.25) is 19.2 Å². The number of rotatable bonds is 9. The van der Waals surface area contributed by atoms with Crippen LogP contribution in [0.1, 0.15) is 27.7 Å². The van der Waals surface area contributed by atoms with Gasteiger partial charge in [-0.05, 0) is 24.3 Å². The Kier molecular flexibility index (Phi) is 10.5. The van der Waals surface area contributed by atoms with Crippen molar-refractivity contribution in [2.75, 3.05) is 13.2 Å². The van der Waals surface area contributed by atoms with E-state index in [1.54, 1.807) is 24.3 Å². The van der Waals surface area contributed by atoms with Crippen LogP contribution >= 0.6 is 15.9 Å². The van der Waals surface area contributed by atoms with Crippen molar-refractivity contribution in [3.63, 3.8) is 0 Å². The second-order valence-electron chi connectivity index (χ2n) is 7.45. The Labute approximate surface area is 209 Å². The summed E-state index contributed by atoms with van der Waals surface area (Å²) >= 11 is 3.29. The molecule has 5 atom stereocenters. The lowest BCUT2D eigenvalue weighted by Gasteiger charge is -2.44. The summed E-state index contributed by atoms with van der Waals surface area (Å²) in [5.74, 6) is -3.20. The first-order chi connectivity index (χ1) is 16.5. The number of ether oxygens (including phenoxy) is 6. The summed E-state index contributed by atoms with van der Waals surface area (Å²) in [6, 6.07) is 5.44. The van der Waals surface area contributed by atoms with Crippen molar-refractivity contribution in [1.82, 2.24) is 5.32 Å². The van der Waals surface area contributed by atoms with E-state index in [-0.39, 0.29) is 0 Å². The summed E-state index contributed by atoms with van der Waals surface area (Å²) in [6.07, 6.45) is -5.32. The molecule has 0 spiro atoms. The van der Waals surface area contributed by atoms with Crippen molar-refractivity contribution in [1.29, 1.82) is 0 Å². The van der Waals surface area contributed by atoms with Gasteiger partial charge in [-0.25, -0.2) is 4.79 Å². The minimum Gasteiger partial charge on any atom is -0.482 e. The topological polar surface area (TPSA) is 153 Å². The van der Waals surface area contributed by atoms with Crippen LogP contribution in [-0.4, -0.2) is 73.6 Å². The lowest BCUT2D eigenvalue weighted by molar-refractivity contribution is -0.272. The third-order valence-electron chi connectivity index (χ3n) is 4.49. The molecule has 1 saturated heterocycles. The van der Waals surface area contributed by atoms with Gasteiger partial charge in [0.05, 0.1) is 0 Å². The van der Waals surface area contributed by atoms with E-state index in [9.17, 15) is 24.0 Å². The zero-order chi connectivity index (χ0) is 26.1. The van der Waals surface area contributed by atoms with Crippen molar-refractivity contribution in [2.24, 2.45) is 0 Å². The number of amides is 1. The number of carbonyl (C=O) groups is 5. The number of benzene rings is 1. The predicted octanol–water partition coefficient (Wildman–Crippen LogP) is 1.03. The molecule has 0 bridgehead atoms. The van der Waals surface area contributed by atoms with Gasteiger partial charge in [0, 0.05) is 32.2 Å². The lowest BCUT2D eigenvalue weighted by Crippen LogP contribution is -2.66. The molecule has 1 aliphatic heterocycles. The number of carbonyl (C=O) groups excluding carboxylic acids is 5. The van der Waals surface area contributed by atoms with Gasteiger partial charge in [0.1, 0.15) is 24.5 Å². The van der Waals surface area contributed by atoms with Crippen molar-refractivity contribution in [3.8, 4) is 5.75 Å². The minimum atomic E-state index is -1.50. The molecule has 5 unspecified atom stereocenters. The molecule has 1 fully saturated rings. The number of nitrogens with one attached hydrogen (secondary N) is 1. The number of hydrogen-bond acceptors (Lipinski definition) is 11. The quantitative estimate of drug-likeness (QED) is 0.340. The maximum atomic E-state index is 12.5. The fourth-order valence-electron chi connectivity index (χ4n) is 3.23. The van der Waals surface area contributed by atoms with Gasteiger partial charge < -0.3 is 33.7 Å². The monoisotopic (exact) mass is 559 g/mol. The van der Waals surface area contributed by atoms with Gasteiger partial charge in [0.2, 0.25) is 12.2 Å². The van der Waals surface area contributed by atoms with Crippen LogP contribution in [0, 0.1) is 0 Å². The van der Waals surface area contributed by atoms with E-state index in [0.717, 1.165) is 25.2 Å². The summed E-state index contributed by atoms with van der Waals surface area (Å²) in [7, 11) is 0. The molecule has 2 rings (SSSR count). The average Bonchev–Trinajstić information content (AvgIpc) is 2.75. The average molecular weight is 560 g/mol. The van der Waals surface area contributed by atoms with Crippen LogP contribution < -0.4 is 10.1 Å². The maximum Gasteiger partial charge on any atom is 0.346 e. The van der Waals surface area contributed by atoms with Gasteiger partial charge in [-0.1, -0.05) is 15.9 Å². The third kappa shape index (κ3) is 9.17. The molecule has 0 aliphatic carbocycles. The summed E-state index contributed by atoms with van der Waals surface area (Å²) < 4.78 is 32.9. The summed E-state index contributed by atoms with van der Waals surface area (Å²) in [4.78, 5) is 59.3. The molecule has 1 aromatic rings. The van der Waals surface area contributed by atoms with Crippen molar-refractivity contribution in [2.45, 2.75) is 58.3 Å². The van der Waals surface area contributed by atoms with Crippen LogP contribution in [0.25, 0.3) is 0 Å². The molecule has 13 heteroatoms. The third-order valence-corrected chi connectivity index (χ3v) is 5.02. The van der Waals surface area contributed by atoms with Crippen molar-refractivity contribution < 1.29 is 52.4 Å². The first-order valence-corrected chi connectivity index (χ1v) is 11.2. The normalized spacial score (nSPS) is 23.4. The number of esters is 4. The molecule has 1 heterocycles. The van der Waals surface area contributed by atoms with Crippen LogP contribution in [-0.2, 0) is 47.7 Å². The first kappa shape index (κ1) is 28.1. The fraction of sp³-hybridized carbons (Fsp3) is 0.500. The van der Waals surface area contributed by atoms with Crippen LogP contribution in [0.2, 0.25) is 0 Å². The SMILES string of the molecule is CC(=O)NC1C(OC(=O)COc2ccc(Br)cc2)OC(COC(C)=O)C(OC(C)=O)C1OC(C)=O. The summed E-state index contributed by atoms with van der Waals surface area (Å²) in [5, 5.41) is 2.50. The second kappa shape index (κ2) is 13.0. The lowest BCUT2D eigenvalue weighted by atomic mass is 9.96. The van der Waals surface area contributed by atoms with E-state index >= 15 is 0 Å². The largest absolute Gasteiger partial charge is 0.482 e. The van der Waals surface area contributed by atoms with E-state index in [2.05, 4.69) is 21.2 Å². The van der Waals surface area contributed by atoms with Crippen LogP contribution in [0.5, 0.6) is 5.75 Å². The van der Waals surface area contributed by atoms with E-state index in [4.69, 9.17) is 28.4 Å². The van der Waals surface area contributed by atoms with Crippen LogP contribution in [0.15, 0.2) is 28.7 Å². The fourth-order valence-corrected chi connectivity index (χ4v) is 3.49. The highest BCUT2D eigenvalue weighted by Gasteiger charge is 2.52. The zero-order valence-electron chi connectivity index (χ0n) is 19.5. The summed E-state index contributed by atoms with van der Waals surface area (Å²) in [6.45, 7) is 3.65. The Bertz CT molecular complexity index is 936. The second-order valence-corrected chi connectivity index (χ2v) is 8.37. The molecule has 1 amide bonds. The minimum absolute atomic E-state index is 0.397. The maximum absolute atomic E-state index is 12.5. The van der Waals surface area contributed by atoms with Gasteiger partial charge >= 0.3 is 23.9 Å². The molecule has 0 aromatic heterocycles. The Hall–Kier alpha value is -3.19. The molecule has 1 N–H and O–H groups in total. The Morgan fingerprint density at radius 2 is 1.49 bits per heavy atom. The van der Waals surface area contributed by atoms with Gasteiger partial charge in [0.25, 0.3) is 0 Å². The molecule has 1 aliphatic rings. The van der Waals surface area contributed by atoms with Crippen molar-refractivity contribution >= 4 is 45.7 Å². The highest BCUT2D eigenvalue weighted by Crippen LogP contribution is 2.28. The smallest absolute Gasteiger partial charge is 0.346 e. The standard InChI is InChI=1S/C22H26BrNO11/c1-11(25)24-19-21(33-14(4)28)20(32-13(3)27)17(9-30-12(2)26)34-22(19)35-18(29)10-31-16-7-5-15(23)6-8-16/h5-8,17,19-22H,9-10H2,1-4H3,(H,24,25). The highest BCUT2D eigenvalue weighted by atomic mass is 79.9. The van der Waals surface area contributed by atoms with Crippen molar-refractivity contribution in [3.05, 3.63) is 28.7 Å². The molecule has 12 nitrogen and oxygen atoms in total. The number of halogens is 1. The summed E-state index contributed by atoms with van der Waals surface area (Å²) in [5.41, 5.74) is 0. The van der Waals surface area contributed by atoms with E-state index in [1.165, 1.54) is 6.92 Å². The molecule has 1 aromatic carbocycles. The zero-order valence-corrected chi connectivity index (χ0v) is 21.1.